The van der Waals surface area contributed by atoms with Crippen LogP contribution in [0.15, 0.2) is 0 Å². The fraction of sp³-hybridized carbons (Fsp3) is 1.00. The summed E-state index contributed by atoms with van der Waals surface area (Å²) >= 11 is 0. The third kappa shape index (κ3) is 4.46. The third-order valence-electron chi connectivity index (χ3n) is 5.03. The van der Waals surface area contributed by atoms with Gasteiger partial charge in [-0.1, -0.05) is 47.0 Å². The van der Waals surface area contributed by atoms with Crippen molar-refractivity contribution in [3.05, 3.63) is 0 Å². The molecule has 0 aliphatic heterocycles. The molecule has 0 aromatic heterocycles. The molecule has 2 N–H and O–H groups in total. The fourth-order valence-corrected chi connectivity index (χ4v) is 3.57. The second kappa shape index (κ2) is 7.64. The van der Waals surface area contributed by atoms with Gasteiger partial charge >= 0.3 is 0 Å². The smallest absolute Gasteiger partial charge is 0.0309 e. The minimum absolute atomic E-state index is 0.200. The van der Waals surface area contributed by atoms with Crippen LogP contribution in [0.1, 0.15) is 73.1 Å². The molecule has 0 radical (unpaired) electrons. The Morgan fingerprint density at radius 3 is 2.11 bits per heavy atom. The van der Waals surface area contributed by atoms with Gasteiger partial charge in [0.05, 0.1) is 0 Å². The quantitative estimate of drug-likeness (QED) is 0.684. The minimum Gasteiger partial charge on any atom is -0.329 e. The second-order valence-corrected chi connectivity index (χ2v) is 7.22. The lowest BCUT2D eigenvalue weighted by Gasteiger charge is -2.49. The highest BCUT2D eigenvalue weighted by atomic mass is 15.2. The summed E-state index contributed by atoms with van der Waals surface area (Å²) in [6.07, 6.45) is 8.06. The van der Waals surface area contributed by atoms with E-state index in [0.717, 1.165) is 12.5 Å². The predicted molar refractivity (Wildman–Crippen MR) is 85.3 cm³/mol. The number of rotatable bonds is 9. The Kier molecular flexibility index (Phi) is 6.82. The average molecular weight is 268 g/mol. The van der Waals surface area contributed by atoms with Crippen LogP contribution in [-0.4, -0.2) is 29.6 Å². The van der Waals surface area contributed by atoms with Gasteiger partial charge < -0.3 is 5.73 Å². The molecule has 0 aromatic carbocycles. The molecule has 0 heterocycles. The summed E-state index contributed by atoms with van der Waals surface area (Å²) in [5, 5.41) is 0. The molecular formula is C17H36N2. The molecule has 19 heavy (non-hydrogen) atoms. The van der Waals surface area contributed by atoms with Gasteiger partial charge in [-0.15, -0.1) is 0 Å². The van der Waals surface area contributed by atoms with Crippen LogP contribution in [0.2, 0.25) is 0 Å². The molecular weight excluding hydrogens is 232 g/mol. The molecule has 1 aliphatic carbocycles. The zero-order valence-corrected chi connectivity index (χ0v) is 13.9. The van der Waals surface area contributed by atoms with Gasteiger partial charge in [-0.2, -0.15) is 0 Å². The number of nitrogens with zero attached hydrogens (tertiary/aromatic N) is 1. The Labute approximate surface area is 121 Å². The molecule has 1 rings (SSSR count). The van der Waals surface area contributed by atoms with Gasteiger partial charge in [0, 0.05) is 24.7 Å². The van der Waals surface area contributed by atoms with Crippen LogP contribution in [-0.2, 0) is 0 Å². The zero-order valence-electron chi connectivity index (χ0n) is 13.9. The molecule has 1 aliphatic rings. The summed E-state index contributed by atoms with van der Waals surface area (Å²) in [6.45, 7) is 13.7. The Morgan fingerprint density at radius 1 is 1.21 bits per heavy atom. The molecule has 1 fully saturated rings. The van der Waals surface area contributed by atoms with Crippen LogP contribution in [0.4, 0.5) is 0 Å². The third-order valence-corrected chi connectivity index (χ3v) is 5.03. The van der Waals surface area contributed by atoms with Crippen molar-refractivity contribution in [1.82, 2.24) is 4.90 Å². The first-order chi connectivity index (χ1) is 8.96. The van der Waals surface area contributed by atoms with Gasteiger partial charge in [-0.05, 0) is 38.0 Å². The van der Waals surface area contributed by atoms with Gasteiger partial charge in [-0.3, -0.25) is 4.90 Å². The van der Waals surface area contributed by atoms with Crippen molar-refractivity contribution in [2.45, 2.75) is 84.7 Å². The fourth-order valence-electron chi connectivity index (χ4n) is 3.57. The van der Waals surface area contributed by atoms with Gasteiger partial charge in [0.2, 0.25) is 0 Å². The molecule has 0 aromatic rings. The monoisotopic (exact) mass is 268 g/mol. The van der Waals surface area contributed by atoms with Crippen LogP contribution >= 0.6 is 0 Å². The Morgan fingerprint density at radius 2 is 1.79 bits per heavy atom. The van der Waals surface area contributed by atoms with Crippen molar-refractivity contribution in [3.63, 3.8) is 0 Å². The van der Waals surface area contributed by atoms with Crippen molar-refractivity contribution in [2.75, 3.05) is 13.1 Å². The van der Waals surface area contributed by atoms with E-state index < -0.39 is 0 Å². The second-order valence-electron chi connectivity index (χ2n) is 7.22. The molecule has 1 unspecified atom stereocenters. The molecule has 114 valence electrons. The van der Waals surface area contributed by atoms with Crippen LogP contribution in [0, 0.1) is 11.8 Å². The van der Waals surface area contributed by atoms with E-state index in [4.69, 9.17) is 5.73 Å². The highest BCUT2D eigenvalue weighted by molar-refractivity contribution is 4.94. The summed E-state index contributed by atoms with van der Waals surface area (Å²) in [4.78, 5) is 2.75. The average Bonchev–Trinajstić information content (AvgIpc) is 2.33. The van der Waals surface area contributed by atoms with Crippen LogP contribution in [0.3, 0.4) is 0 Å². The first kappa shape index (κ1) is 17.0. The lowest BCUT2D eigenvalue weighted by atomic mass is 9.75. The molecule has 0 bridgehead atoms. The van der Waals surface area contributed by atoms with Crippen molar-refractivity contribution < 1.29 is 0 Å². The Balaban J connectivity index is 2.82. The molecule has 1 atom stereocenters. The molecule has 2 nitrogen and oxygen atoms in total. The zero-order chi connectivity index (χ0) is 14.5. The van der Waals surface area contributed by atoms with E-state index in [2.05, 4.69) is 39.5 Å². The van der Waals surface area contributed by atoms with Crippen molar-refractivity contribution in [3.8, 4) is 0 Å². The minimum atomic E-state index is 0.200. The van der Waals surface area contributed by atoms with E-state index in [1.54, 1.807) is 0 Å². The van der Waals surface area contributed by atoms with Crippen LogP contribution in [0.5, 0.6) is 0 Å². The standard InChI is InChI=1S/C17H36N2/c1-6-16(7-2)19(12-14(3)4)17(5,13-18)11-15-9-8-10-15/h14-16H,6-13,18H2,1-5H3. The van der Waals surface area contributed by atoms with Crippen LogP contribution in [0.25, 0.3) is 0 Å². The summed E-state index contributed by atoms with van der Waals surface area (Å²) in [5.74, 6) is 1.64. The molecule has 0 spiro atoms. The number of hydrogen-bond donors (Lipinski definition) is 1. The van der Waals surface area contributed by atoms with E-state index >= 15 is 0 Å². The predicted octanol–water partition coefficient (Wildman–Crippen LogP) is 4.04. The van der Waals surface area contributed by atoms with E-state index in [0.29, 0.717) is 12.0 Å². The maximum Gasteiger partial charge on any atom is 0.0309 e. The van der Waals surface area contributed by atoms with E-state index in [1.165, 1.54) is 45.1 Å². The Hall–Kier alpha value is -0.0800. The SMILES string of the molecule is CCC(CC)N(CC(C)C)C(C)(CN)CC1CCC1. The maximum atomic E-state index is 6.22. The van der Waals surface area contributed by atoms with E-state index in [1.807, 2.05) is 0 Å². The summed E-state index contributed by atoms with van der Waals surface area (Å²) in [7, 11) is 0. The topological polar surface area (TPSA) is 29.3 Å². The summed E-state index contributed by atoms with van der Waals surface area (Å²) in [5.41, 5.74) is 6.42. The summed E-state index contributed by atoms with van der Waals surface area (Å²) < 4.78 is 0. The van der Waals surface area contributed by atoms with Gasteiger partial charge in [0.25, 0.3) is 0 Å². The molecule has 0 saturated heterocycles. The van der Waals surface area contributed by atoms with Gasteiger partial charge in [0.1, 0.15) is 0 Å². The lowest BCUT2D eigenvalue weighted by Crippen LogP contribution is -2.58. The Bertz CT molecular complexity index is 244. The van der Waals surface area contributed by atoms with Crippen molar-refractivity contribution in [1.29, 1.82) is 0 Å². The number of nitrogens with two attached hydrogens (primary N) is 1. The van der Waals surface area contributed by atoms with Crippen LogP contribution < -0.4 is 5.73 Å². The molecule has 2 heteroatoms. The highest BCUT2D eigenvalue weighted by Gasteiger charge is 2.37. The number of hydrogen-bond acceptors (Lipinski definition) is 2. The highest BCUT2D eigenvalue weighted by Crippen LogP contribution is 2.37. The first-order valence-corrected chi connectivity index (χ1v) is 8.43. The first-order valence-electron chi connectivity index (χ1n) is 8.43. The van der Waals surface area contributed by atoms with E-state index in [-0.39, 0.29) is 5.54 Å². The summed E-state index contributed by atoms with van der Waals surface area (Å²) in [6, 6.07) is 0.691. The van der Waals surface area contributed by atoms with Gasteiger partial charge in [-0.25, -0.2) is 0 Å². The largest absolute Gasteiger partial charge is 0.329 e. The van der Waals surface area contributed by atoms with E-state index in [9.17, 15) is 0 Å². The normalized spacial score (nSPS) is 20.1. The lowest BCUT2D eigenvalue weighted by molar-refractivity contribution is 0.0171. The molecule has 0 amide bonds. The van der Waals surface area contributed by atoms with Crippen molar-refractivity contribution >= 4 is 0 Å². The maximum absolute atomic E-state index is 6.22. The van der Waals surface area contributed by atoms with Gasteiger partial charge in [0.15, 0.2) is 0 Å². The van der Waals surface area contributed by atoms with Crippen molar-refractivity contribution in [2.24, 2.45) is 17.6 Å². The molecule has 1 saturated carbocycles.